The van der Waals surface area contributed by atoms with Gasteiger partial charge in [-0.3, -0.25) is 9.59 Å². The molecule has 4 rings (SSSR count). The Morgan fingerprint density at radius 2 is 1.77 bits per heavy atom. The average Bonchev–Trinajstić information content (AvgIpc) is 3.47. The fourth-order valence-electron chi connectivity index (χ4n) is 4.23. The first-order valence-electron chi connectivity index (χ1n) is 11.2. The maximum absolute atomic E-state index is 13.2. The Bertz CT molecular complexity index is 1280. The Kier molecular flexibility index (Phi) is 7.12. The van der Waals surface area contributed by atoms with Crippen LogP contribution in [0.3, 0.4) is 0 Å². The molecule has 1 amide bonds. The first kappa shape index (κ1) is 24.3. The van der Waals surface area contributed by atoms with Crippen LogP contribution in [-0.4, -0.2) is 42.5 Å². The van der Waals surface area contributed by atoms with E-state index in [1.807, 2.05) is 37.4 Å². The summed E-state index contributed by atoms with van der Waals surface area (Å²) in [6.07, 6.45) is 0. The SMILES string of the molecule is CCOc1ccc(/C(O)=C2/C(=O)C(=O)N(Cc3ccc(OC)c(OC)c3)C2c2cccs2)cc1C. The molecule has 1 N–H and O–H groups in total. The molecule has 8 heteroatoms. The highest BCUT2D eigenvalue weighted by atomic mass is 32.1. The van der Waals surface area contributed by atoms with E-state index in [0.29, 0.717) is 29.4 Å². The minimum Gasteiger partial charge on any atom is -0.507 e. The van der Waals surface area contributed by atoms with Crippen molar-refractivity contribution < 1.29 is 28.9 Å². The molecule has 0 bridgehead atoms. The normalized spacial score (nSPS) is 17.0. The lowest BCUT2D eigenvalue weighted by atomic mass is 9.98. The molecule has 2 heterocycles. The Balaban J connectivity index is 1.78. The van der Waals surface area contributed by atoms with E-state index in [1.54, 1.807) is 37.4 Å². The third-order valence-electron chi connectivity index (χ3n) is 5.90. The summed E-state index contributed by atoms with van der Waals surface area (Å²) < 4.78 is 16.3. The van der Waals surface area contributed by atoms with Crippen molar-refractivity contribution in [3.63, 3.8) is 0 Å². The molecule has 1 saturated heterocycles. The quantitative estimate of drug-likeness (QED) is 0.267. The highest BCUT2D eigenvalue weighted by molar-refractivity contribution is 7.10. The number of benzene rings is 2. The van der Waals surface area contributed by atoms with Crippen LogP contribution in [0, 0.1) is 6.92 Å². The summed E-state index contributed by atoms with van der Waals surface area (Å²) in [5.74, 6) is 0.212. The van der Waals surface area contributed by atoms with Gasteiger partial charge in [0, 0.05) is 17.0 Å². The van der Waals surface area contributed by atoms with Crippen LogP contribution in [0.5, 0.6) is 17.2 Å². The van der Waals surface area contributed by atoms with Crippen molar-refractivity contribution in [1.82, 2.24) is 4.90 Å². The number of aliphatic hydroxyl groups is 1. The molecule has 0 aliphatic carbocycles. The van der Waals surface area contributed by atoms with Crippen molar-refractivity contribution in [2.24, 2.45) is 0 Å². The number of likely N-dealkylation sites (tertiary alicyclic amines) is 1. The molecule has 1 aliphatic heterocycles. The lowest BCUT2D eigenvalue weighted by molar-refractivity contribution is -0.140. The third-order valence-corrected chi connectivity index (χ3v) is 6.83. The lowest BCUT2D eigenvalue weighted by Crippen LogP contribution is -2.28. The van der Waals surface area contributed by atoms with Crippen LogP contribution < -0.4 is 14.2 Å². The van der Waals surface area contributed by atoms with Gasteiger partial charge < -0.3 is 24.2 Å². The predicted molar refractivity (Wildman–Crippen MR) is 134 cm³/mol. The van der Waals surface area contributed by atoms with Gasteiger partial charge in [-0.2, -0.15) is 0 Å². The molecule has 2 aromatic carbocycles. The number of amides is 1. The molecule has 3 aromatic rings. The number of carbonyl (C=O) groups excluding carboxylic acids is 2. The zero-order chi connectivity index (χ0) is 25.1. The van der Waals surface area contributed by atoms with E-state index in [0.717, 1.165) is 16.0 Å². The van der Waals surface area contributed by atoms with Gasteiger partial charge in [0.2, 0.25) is 0 Å². The number of carbonyl (C=O) groups is 2. The molecule has 1 atom stereocenters. The molecule has 0 radical (unpaired) electrons. The first-order valence-corrected chi connectivity index (χ1v) is 12.0. The topological polar surface area (TPSA) is 85.3 Å². The van der Waals surface area contributed by atoms with Crippen LogP contribution in [-0.2, 0) is 16.1 Å². The molecule has 1 aromatic heterocycles. The van der Waals surface area contributed by atoms with Gasteiger partial charge in [0.25, 0.3) is 11.7 Å². The predicted octanol–water partition coefficient (Wildman–Crippen LogP) is 5.09. The van der Waals surface area contributed by atoms with Gasteiger partial charge in [0.05, 0.1) is 32.4 Å². The van der Waals surface area contributed by atoms with Gasteiger partial charge in [-0.1, -0.05) is 12.1 Å². The molecule has 0 spiro atoms. The van der Waals surface area contributed by atoms with Gasteiger partial charge in [-0.05, 0) is 66.8 Å². The lowest BCUT2D eigenvalue weighted by Gasteiger charge is -2.24. The highest BCUT2D eigenvalue weighted by Gasteiger charge is 2.46. The number of hydrogen-bond acceptors (Lipinski definition) is 7. The van der Waals surface area contributed by atoms with E-state index in [-0.39, 0.29) is 17.9 Å². The Morgan fingerprint density at radius 1 is 1.03 bits per heavy atom. The van der Waals surface area contributed by atoms with Gasteiger partial charge in [-0.25, -0.2) is 0 Å². The second-order valence-electron chi connectivity index (χ2n) is 8.05. The summed E-state index contributed by atoms with van der Waals surface area (Å²) in [4.78, 5) is 28.7. The molecular formula is C27H27NO6S. The van der Waals surface area contributed by atoms with E-state index in [4.69, 9.17) is 14.2 Å². The summed E-state index contributed by atoms with van der Waals surface area (Å²) in [6, 6.07) is 13.6. The maximum Gasteiger partial charge on any atom is 0.295 e. The Morgan fingerprint density at radius 3 is 2.40 bits per heavy atom. The van der Waals surface area contributed by atoms with E-state index in [9.17, 15) is 14.7 Å². The van der Waals surface area contributed by atoms with Crippen LogP contribution in [0.1, 0.15) is 34.5 Å². The molecule has 35 heavy (non-hydrogen) atoms. The van der Waals surface area contributed by atoms with Gasteiger partial charge in [0.15, 0.2) is 11.5 Å². The second-order valence-corrected chi connectivity index (χ2v) is 9.02. The van der Waals surface area contributed by atoms with E-state index >= 15 is 0 Å². The number of aryl methyl sites for hydroxylation is 1. The second kappa shape index (κ2) is 10.2. The fourth-order valence-corrected chi connectivity index (χ4v) is 5.08. The number of Topliss-reactive ketones (excluding diaryl/α,β-unsaturated/α-hetero) is 1. The van der Waals surface area contributed by atoms with Crippen LogP contribution >= 0.6 is 11.3 Å². The van der Waals surface area contributed by atoms with E-state index in [1.165, 1.54) is 23.3 Å². The van der Waals surface area contributed by atoms with Crippen molar-refractivity contribution in [2.75, 3.05) is 20.8 Å². The number of rotatable bonds is 8. The number of thiophene rings is 1. The molecule has 0 saturated carbocycles. The van der Waals surface area contributed by atoms with Gasteiger partial charge in [0.1, 0.15) is 11.5 Å². The van der Waals surface area contributed by atoms with Gasteiger partial charge >= 0.3 is 0 Å². The largest absolute Gasteiger partial charge is 0.507 e. The minimum atomic E-state index is -0.715. The number of nitrogens with zero attached hydrogens (tertiary/aromatic N) is 1. The Labute approximate surface area is 208 Å². The zero-order valence-electron chi connectivity index (χ0n) is 20.0. The van der Waals surface area contributed by atoms with E-state index < -0.39 is 17.7 Å². The van der Waals surface area contributed by atoms with E-state index in [2.05, 4.69) is 0 Å². The number of ketones is 1. The summed E-state index contributed by atoms with van der Waals surface area (Å²) in [5, 5.41) is 13.1. The zero-order valence-corrected chi connectivity index (χ0v) is 20.8. The summed E-state index contributed by atoms with van der Waals surface area (Å²) >= 11 is 1.42. The summed E-state index contributed by atoms with van der Waals surface area (Å²) in [7, 11) is 3.09. The molecule has 1 unspecified atom stereocenters. The van der Waals surface area contributed by atoms with Crippen LogP contribution in [0.25, 0.3) is 5.76 Å². The molecular weight excluding hydrogens is 466 g/mol. The van der Waals surface area contributed by atoms with Crippen molar-refractivity contribution in [1.29, 1.82) is 0 Å². The standard InChI is InChI=1S/C27H27NO6S/c1-5-34-19-11-9-18(13-16(19)2)25(29)23-24(22-7-6-12-35-22)28(27(31)26(23)30)15-17-8-10-20(32-3)21(14-17)33-4/h6-14,24,29H,5,15H2,1-4H3/b25-23-. The fraction of sp³-hybridized carbons (Fsp3) is 0.259. The minimum absolute atomic E-state index is 0.0708. The third kappa shape index (κ3) is 4.61. The van der Waals surface area contributed by atoms with Crippen LogP contribution in [0.4, 0.5) is 0 Å². The summed E-state index contributed by atoms with van der Waals surface area (Å²) in [5.41, 5.74) is 2.12. The Hall–Kier alpha value is -3.78. The van der Waals surface area contributed by atoms with Crippen LogP contribution in [0.15, 0.2) is 59.5 Å². The number of aliphatic hydroxyl groups excluding tert-OH is 1. The van der Waals surface area contributed by atoms with Crippen molar-refractivity contribution >= 4 is 28.8 Å². The molecule has 1 aliphatic rings. The smallest absolute Gasteiger partial charge is 0.295 e. The first-order chi connectivity index (χ1) is 16.9. The van der Waals surface area contributed by atoms with Crippen LogP contribution in [0.2, 0.25) is 0 Å². The molecule has 7 nitrogen and oxygen atoms in total. The average molecular weight is 494 g/mol. The summed E-state index contributed by atoms with van der Waals surface area (Å²) in [6.45, 7) is 4.45. The van der Waals surface area contributed by atoms with Crippen molar-refractivity contribution in [3.8, 4) is 17.2 Å². The van der Waals surface area contributed by atoms with Crippen molar-refractivity contribution in [3.05, 3.63) is 81.1 Å². The maximum atomic E-state index is 13.2. The number of methoxy groups -OCH3 is 2. The molecule has 1 fully saturated rings. The van der Waals surface area contributed by atoms with Crippen molar-refractivity contribution in [2.45, 2.75) is 26.4 Å². The molecule has 182 valence electrons. The van der Waals surface area contributed by atoms with Gasteiger partial charge in [-0.15, -0.1) is 11.3 Å². The monoisotopic (exact) mass is 493 g/mol. The number of ether oxygens (including phenoxy) is 3. The number of hydrogen-bond donors (Lipinski definition) is 1. The highest BCUT2D eigenvalue weighted by Crippen LogP contribution is 2.42.